The molecule has 0 saturated carbocycles. The van der Waals surface area contributed by atoms with Crippen molar-refractivity contribution < 1.29 is 13.5 Å². The van der Waals surface area contributed by atoms with Crippen molar-refractivity contribution in [2.24, 2.45) is 5.73 Å². The molecule has 0 aliphatic heterocycles. The van der Waals surface area contributed by atoms with Crippen LogP contribution in [-0.4, -0.2) is 12.7 Å². The topological polar surface area (TPSA) is 35.2 Å². The molecule has 0 radical (unpaired) electrons. The Bertz CT molecular complexity index is 419. The number of ether oxygens (including phenoxy) is 1. The van der Waals surface area contributed by atoms with Crippen LogP contribution in [0.15, 0.2) is 28.2 Å². The van der Waals surface area contributed by atoms with E-state index in [1.165, 1.54) is 6.07 Å². The molecule has 0 aliphatic carbocycles. The molecule has 0 spiro atoms. The summed E-state index contributed by atoms with van der Waals surface area (Å²) in [7, 11) is 0. The molecule has 5 heteroatoms. The van der Waals surface area contributed by atoms with Crippen molar-refractivity contribution in [2.45, 2.75) is 26.5 Å². The van der Waals surface area contributed by atoms with Gasteiger partial charge in [-0.25, -0.2) is 0 Å². The normalized spacial score (nSPS) is 13.9. The molecule has 0 heterocycles. The maximum absolute atomic E-state index is 12.2. The molecule has 0 aliphatic rings. The molecular weight excluding hydrogens is 292 g/mol. The first-order valence-corrected chi connectivity index (χ1v) is 5.87. The summed E-state index contributed by atoms with van der Waals surface area (Å²) in [6, 6.07) is 4.73. The third-order valence-electron chi connectivity index (χ3n) is 2.29. The molecule has 1 aromatic carbocycles. The standard InChI is InChI=1S/C12H14BrF2NO/c1-7(8(2)16)5-9-6-10(13)3-4-11(9)17-12(14)15/h3-6,8,12H,16H2,1-2H3/b7-5+. The van der Waals surface area contributed by atoms with Crippen molar-refractivity contribution >= 4 is 22.0 Å². The Morgan fingerprint density at radius 1 is 1.47 bits per heavy atom. The van der Waals surface area contributed by atoms with Crippen molar-refractivity contribution in [2.75, 3.05) is 0 Å². The van der Waals surface area contributed by atoms with Gasteiger partial charge in [0.1, 0.15) is 5.75 Å². The summed E-state index contributed by atoms with van der Waals surface area (Å²) < 4.78 is 29.7. The maximum Gasteiger partial charge on any atom is 0.387 e. The van der Waals surface area contributed by atoms with Gasteiger partial charge in [0, 0.05) is 16.1 Å². The molecule has 94 valence electrons. The van der Waals surface area contributed by atoms with Gasteiger partial charge in [0.15, 0.2) is 0 Å². The Kier molecular flexibility index (Phi) is 5.08. The first-order chi connectivity index (χ1) is 7.90. The van der Waals surface area contributed by atoms with E-state index in [-0.39, 0.29) is 11.8 Å². The van der Waals surface area contributed by atoms with E-state index in [0.717, 1.165) is 10.0 Å². The minimum atomic E-state index is -2.83. The van der Waals surface area contributed by atoms with Gasteiger partial charge in [0.2, 0.25) is 0 Å². The van der Waals surface area contributed by atoms with Crippen molar-refractivity contribution in [3.63, 3.8) is 0 Å². The van der Waals surface area contributed by atoms with Gasteiger partial charge in [-0.1, -0.05) is 27.6 Å². The highest BCUT2D eigenvalue weighted by Gasteiger charge is 2.09. The van der Waals surface area contributed by atoms with Crippen molar-refractivity contribution in [1.82, 2.24) is 0 Å². The molecule has 1 aromatic rings. The lowest BCUT2D eigenvalue weighted by Gasteiger charge is -2.11. The first kappa shape index (κ1) is 14.1. The Labute approximate surface area is 108 Å². The maximum atomic E-state index is 12.2. The van der Waals surface area contributed by atoms with Crippen molar-refractivity contribution in [1.29, 1.82) is 0 Å². The molecule has 1 atom stereocenters. The molecule has 2 nitrogen and oxygen atoms in total. The van der Waals surface area contributed by atoms with E-state index in [4.69, 9.17) is 5.73 Å². The van der Waals surface area contributed by atoms with Crippen LogP contribution in [0.2, 0.25) is 0 Å². The van der Waals surface area contributed by atoms with Crippen LogP contribution < -0.4 is 10.5 Å². The number of rotatable bonds is 4. The molecule has 2 N–H and O–H groups in total. The van der Waals surface area contributed by atoms with Gasteiger partial charge < -0.3 is 10.5 Å². The van der Waals surface area contributed by atoms with Crippen LogP contribution in [-0.2, 0) is 0 Å². The fourth-order valence-electron chi connectivity index (χ4n) is 1.21. The minimum absolute atomic E-state index is 0.131. The zero-order valence-electron chi connectivity index (χ0n) is 9.58. The first-order valence-electron chi connectivity index (χ1n) is 5.08. The molecule has 0 aromatic heterocycles. The summed E-state index contributed by atoms with van der Waals surface area (Å²) in [5, 5.41) is 0. The zero-order chi connectivity index (χ0) is 13.0. The summed E-state index contributed by atoms with van der Waals surface area (Å²) in [6.45, 7) is 0.841. The van der Waals surface area contributed by atoms with Gasteiger partial charge in [-0.3, -0.25) is 0 Å². The van der Waals surface area contributed by atoms with Crippen LogP contribution in [0.3, 0.4) is 0 Å². The fourth-order valence-corrected chi connectivity index (χ4v) is 1.59. The SMILES string of the molecule is C/C(=C\c1cc(Br)ccc1OC(F)F)C(C)N. The molecular formula is C12H14BrF2NO. The monoisotopic (exact) mass is 305 g/mol. The van der Waals surface area contributed by atoms with E-state index >= 15 is 0 Å². The highest BCUT2D eigenvalue weighted by atomic mass is 79.9. The largest absolute Gasteiger partial charge is 0.434 e. The number of alkyl halides is 2. The van der Waals surface area contributed by atoms with Gasteiger partial charge in [-0.05, 0) is 32.0 Å². The van der Waals surface area contributed by atoms with E-state index in [1.807, 2.05) is 13.8 Å². The number of hydrogen-bond donors (Lipinski definition) is 1. The van der Waals surface area contributed by atoms with Gasteiger partial charge in [-0.2, -0.15) is 8.78 Å². The average molecular weight is 306 g/mol. The smallest absolute Gasteiger partial charge is 0.387 e. The molecule has 17 heavy (non-hydrogen) atoms. The van der Waals surface area contributed by atoms with E-state index in [2.05, 4.69) is 20.7 Å². The molecule has 0 fully saturated rings. The average Bonchev–Trinajstić information content (AvgIpc) is 2.21. The minimum Gasteiger partial charge on any atom is -0.434 e. The quantitative estimate of drug-likeness (QED) is 0.918. The lowest BCUT2D eigenvalue weighted by molar-refractivity contribution is -0.0500. The Balaban J connectivity index is 3.11. The number of nitrogens with two attached hydrogens (primary N) is 1. The Morgan fingerprint density at radius 3 is 2.65 bits per heavy atom. The Hall–Kier alpha value is -0.940. The van der Waals surface area contributed by atoms with Crippen LogP contribution >= 0.6 is 15.9 Å². The van der Waals surface area contributed by atoms with E-state index in [1.54, 1.807) is 18.2 Å². The Morgan fingerprint density at radius 2 is 2.12 bits per heavy atom. The lowest BCUT2D eigenvalue weighted by atomic mass is 10.1. The molecule has 0 saturated heterocycles. The number of benzene rings is 1. The molecule has 0 bridgehead atoms. The van der Waals surface area contributed by atoms with E-state index in [0.29, 0.717) is 5.56 Å². The van der Waals surface area contributed by atoms with Crippen molar-refractivity contribution in [3.05, 3.63) is 33.8 Å². The van der Waals surface area contributed by atoms with Gasteiger partial charge >= 0.3 is 6.61 Å². The second kappa shape index (κ2) is 6.12. The third-order valence-corrected chi connectivity index (χ3v) is 2.78. The van der Waals surface area contributed by atoms with Crippen LogP contribution in [0.25, 0.3) is 6.08 Å². The molecule has 1 unspecified atom stereocenters. The van der Waals surface area contributed by atoms with E-state index in [9.17, 15) is 8.78 Å². The molecule has 0 amide bonds. The van der Waals surface area contributed by atoms with Crippen molar-refractivity contribution in [3.8, 4) is 5.75 Å². The van der Waals surface area contributed by atoms with E-state index < -0.39 is 6.61 Å². The highest BCUT2D eigenvalue weighted by molar-refractivity contribution is 9.10. The van der Waals surface area contributed by atoms with Gasteiger partial charge in [0.25, 0.3) is 0 Å². The van der Waals surface area contributed by atoms with Crippen LogP contribution in [0, 0.1) is 0 Å². The second-order valence-electron chi connectivity index (χ2n) is 3.74. The highest BCUT2D eigenvalue weighted by Crippen LogP contribution is 2.27. The van der Waals surface area contributed by atoms with Gasteiger partial charge in [0.05, 0.1) is 0 Å². The lowest BCUT2D eigenvalue weighted by Crippen LogP contribution is -2.15. The summed E-state index contributed by atoms with van der Waals surface area (Å²) >= 11 is 3.29. The predicted molar refractivity (Wildman–Crippen MR) is 68.1 cm³/mol. The molecule has 1 rings (SSSR count). The van der Waals surface area contributed by atoms with Crippen LogP contribution in [0.5, 0.6) is 5.75 Å². The number of hydrogen-bond acceptors (Lipinski definition) is 2. The second-order valence-corrected chi connectivity index (χ2v) is 4.65. The van der Waals surface area contributed by atoms with Gasteiger partial charge in [-0.15, -0.1) is 0 Å². The summed E-state index contributed by atoms with van der Waals surface area (Å²) in [4.78, 5) is 0. The van der Waals surface area contributed by atoms with Crippen LogP contribution in [0.1, 0.15) is 19.4 Å². The number of halogens is 3. The predicted octanol–water partition coefficient (Wildman–Crippen LogP) is 3.80. The summed E-state index contributed by atoms with van der Waals surface area (Å²) in [5.41, 5.74) is 7.17. The fraction of sp³-hybridized carbons (Fsp3) is 0.333. The van der Waals surface area contributed by atoms with Crippen LogP contribution in [0.4, 0.5) is 8.78 Å². The summed E-state index contributed by atoms with van der Waals surface area (Å²) in [5.74, 6) is 0.142. The zero-order valence-corrected chi connectivity index (χ0v) is 11.2. The third kappa shape index (κ3) is 4.44. The summed E-state index contributed by atoms with van der Waals surface area (Å²) in [6.07, 6.45) is 1.74.